The number of amides is 3. The third-order valence-electron chi connectivity index (χ3n) is 6.48. The summed E-state index contributed by atoms with van der Waals surface area (Å²) in [4.78, 5) is 41.0. The molecule has 10 heteroatoms. The van der Waals surface area contributed by atoms with Gasteiger partial charge in [0.05, 0.1) is 5.52 Å². The molecule has 1 atom stereocenters. The van der Waals surface area contributed by atoms with Crippen LogP contribution in [0.25, 0.3) is 11.0 Å². The third-order valence-corrected chi connectivity index (χ3v) is 6.73. The lowest BCUT2D eigenvalue weighted by atomic mass is 9.98. The van der Waals surface area contributed by atoms with E-state index in [0.717, 1.165) is 0 Å². The molecule has 0 saturated carbocycles. The summed E-state index contributed by atoms with van der Waals surface area (Å²) in [6, 6.07) is 20.0. The maximum Gasteiger partial charge on any atom is 0.249 e. The van der Waals surface area contributed by atoms with Gasteiger partial charge in [-0.25, -0.2) is 4.68 Å². The molecule has 0 radical (unpaired) electrons. The Balaban J connectivity index is 1.81. The van der Waals surface area contributed by atoms with E-state index in [2.05, 4.69) is 20.9 Å². The second-order valence-corrected chi connectivity index (χ2v) is 10.3. The van der Waals surface area contributed by atoms with E-state index >= 15 is 0 Å². The highest BCUT2D eigenvalue weighted by atomic mass is 35.5. The Morgan fingerprint density at radius 2 is 1.67 bits per heavy atom. The topological polar surface area (TPSA) is 109 Å². The van der Waals surface area contributed by atoms with Gasteiger partial charge in [-0.3, -0.25) is 19.3 Å². The van der Waals surface area contributed by atoms with Crippen molar-refractivity contribution < 1.29 is 14.4 Å². The van der Waals surface area contributed by atoms with Crippen molar-refractivity contribution in [1.82, 2.24) is 20.3 Å². The first-order valence-corrected chi connectivity index (χ1v) is 13.0. The molecular weight excluding hydrogens is 516 g/mol. The van der Waals surface area contributed by atoms with Crippen LogP contribution in [0.15, 0.2) is 72.8 Å². The molecule has 1 heterocycles. The Kier molecular flexibility index (Phi) is 8.30. The normalized spacial score (nSPS) is 12.1. The fourth-order valence-corrected chi connectivity index (χ4v) is 4.26. The maximum absolute atomic E-state index is 14.1. The van der Waals surface area contributed by atoms with Gasteiger partial charge in [-0.15, -0.1) is 5.10 Å². The molecule has 0 bridgehead atoms. The predicted molar refractivity (Wildman–Crippen MR) is 152 cm³/mol. The van der Waals surface area contributed by atoms with Crippen molar-refractivity contribution in [3.05, 3.63) is 83.4 Å². The van der Waals surface area contributed by atoms with Crippen LogP contribution < -0.4 is 15.5 Å². The maximum atomic E-state index is 14.1. The second kappa shape index (κ2) is 11.7. The zero-order chi connectivity index (χ0) is 28.2. The Labute approximate surface area is 232 Å². The summed E-state index contributed by atoms with van der Waals surface area (Å²) >= 11 is 6.16. The lowest BCUT2D eigenvalue weighted by Gasteiger charge is -2.34. The lowest BCUT2D eigenvalue weighted by molar-refractivity contribution is -0.128. The van der Waals surface area contributed by atoms with Crippen LogP contribution >= 0.6 is 11.6 Å². The van der Waals surface area contributed by atoms with E-state index < -0.39 is 11.6 Å². The molecule has 0 saturated heterocycles. The summed E-state index contributed by atoms with van der Waals surface area (Å²) < 4.78 is 1.52. The van der Waals surface area contributed by atoms with Gasteiger partial charge in [-0.2, -0.15) is 0 Å². The first-order chi connectivity index (χ1) is 18.6. The van der Waals surface area contributed by atoms with Crippen molar-refractivity contribution >= 4 is 51.7 Å². The summed E-state index contributed by atoms with van der Waals surface area (Å²) in [5.41, 5.74) is 2.49. The molecule has 4 aromatic rings. The Hall–Kier alpha value is -4.24. The van der Waals surface area contributed by atoms with E-state index in [0.29, 0.717) is 39.4 Å². The zero-order valence-corrected chi connectivity index (χ0v) is 23.1. The fourth-order valence-electron chi connectivity index (χ4n) is 4.14. The number of hydrogen-bond acceptors (Lipinski definition) is 5. The number of aromatic nitrogens is 3. The molecule has 0 aliphatic heterocycles. The summed E-state index contributed by atoms with van der Waals surface area (Å²) in [5.74, 6) is -0.928. The summed E-state index contributed by atoms with van der Waals surface area (Å²) in [6.07, 6.45) is 0.691. The van der Waals surface area contributed by atoms with Crippen LogP contribution in [0.3, 0.4) is 0 Å². The number of para-hydroxylation sites is 1. The summed E-state index contributed by atoms with van der Waals surface area (Å²) in [6.45, 7) is 7.11. The van der Waals surface area contributed by atoms with E-state index in [1.165, 1.54) is 16.5 Å². The minimum atomic E-state index is -1.01. The molecule has 0 fully saturated rings. The molecule has 0 aliphatic rings. The quantitative estimate of drug-likeness (QED) is 0.303. The molecule has 0 aliphatic carbocycles. The minimum absolute atomic E-state index is 0.150. The summed E-state index contributed by atoms with van der Waals surface area (Å²) in [5, 5.41) is 14.7. The van der Waals surface area contributed by atoms with Crippen molar-refractivity contribution in [2.75, 3.05) is 10.2 Å². The number of fused-ring (bicyclic) bond motifs is 1. The molecule has 2 N–H and O–H groups in total. The van der Waals surface area contributed by atoms with E-state index in [1.807, 2.05) is 45.0 Å². The van der Waals surface area contributed by atoms with Crippen LogP contribution in [0.1, 0.15) is 45.7 Å². The van der Waals surface area contributed by atoms with Crippen LogP contribution in [-0.4, -0.2) is 38.3 Å². The molecule has 4 rings (SSSR count). The van der Waals surface area contributed by atoms with Crippen LogP contribution in [0.5, 0.6) is 0 Å². The number of halogens is 1. The van der Waals surface area contributed by atoms with Gasteiger partial charge in [0.25, 0.3) is 0 Å². The van der Waals surface area contributed by atoms with E-state index in [4.69, 9.17) is 11.6 Å². The lowest BCUT2D eigenvalue weighted by Crippen LogP contribution is -2.51. The molecule has 3 amide bonds. The smallest absolute Gasteiger partial charge is 0.249 e. The fraction of sp³-hybridized carbons (Fsp3) is 0.276. The number of benzene rings is 3. The number of nitrogens with one attached hydrogen (secondary N) is 2. The van der Waals surface area contributed by atoms with Crippen molar-refractivity contribution in [1.29, 1.82) is 0 Å². The summed E-state index contributed by atoms with van der Waals surface area (Å²) in [7, 11) is 0. The minimum Gasteiger partial charge on any atom is -0.349 e. The first kappa shape index (κ1) is 27.8. The zero-order valence-electron chi connectivity index (χ0n) is 22.3. The number of carbonyl (C=O) groups is 3. The van der Waals surface area contributed by atoms with E-state index in [-0.39, 0.29) is 24.3 Å². The van der Waals surface area contributed by atoms with Crippen LogP contribution in [0.2, 0.25) is 5.02 Å². The van der Waals surface area contributed by atoms with Gasteiger partial charge in [0.15, 0.2) is 0 Å². The Bertz CT molecular complexity index is 1480. The molecule has 202 valence electrons. The molecule has 0 unspecified atom stereocenters. The SMILES string of the molecule is CCC(C)(C)NC(=O)[C@H](c1ccc(Cl)cc1)N(C(=O)Cn1nnc2ccccc21)c1ccc(NC(C)=O)cc1. The average molecular weight is 547 g/mol. The highest BCUT2D eigenvalue weighted by molar-refractivity contribution is 6.30. The van der Waals surface area contributed by atoms with Crippen molar-refractivity contribution in [3.8, 4) is 0 Å². The molecule has 1 aromatic heterocycles. The number of hydrogen-bond donors (Lipinski definition) is 2. The Morgan fingerprint density at radius 1 is 1.00 bits per heavy atom. The average Bonchev–Trinajstić information content (AvgIpc) is 3.30. The second-order valence-electron chi connectivity index (χ2n) is 9.91. The van der Waals surface area contributed by atoms with Gasteiger partial charge in [0.2, 0.25) is 17.7 Å². The van der Waals surface area contributed by atoms with E-state index in [9.17, 15) is 14.4 Å². The predicted octanol–water partition coefficient (Wildman–Crippen LogP) is 5.12. The number of carbonyl (C=O) groups excluding carboxylic acids is 3. The monoisotopic (exact) mass is 546 g/mol. The van der Waals surface area contributed by atoms with Gasteiger partial charge in [-0.05, 0) is 74.4 Å². The highest BCUT2D eigenvalue weighted by Gasteiger charge is 2.35. The van der Waals surface area contributed by atoms with Crippen LogP contribution in [0.4, 0.5) is 11.4 Å². The van der Waals surface area contributed by atoms with Gasteiger partial charge in [0.1, 0.15) is 18.1 Å². The van der Waals surface area contributed by atoms with E-state index in [1.54, 1.807) is 48.5 Å². The van der Waals surface area contributed by atoms with Crippen molar-refractivity contribution in [3.63, 3.8) is 0 Å². The Morgan fingerprint density at radius 3 is 2.31 bits per heavy atom. The standard InChI is InChI=1S/C29H31ClN6O3/c1-5-29(3,4)32-28(39)27(20-10-12-21(30)13-11-20)36(23-16-14-22(15-17-23)31-19(2)37)26(38)18-35-25-9-7-6-8-24(25)33-34-35/h6-17,27H,5,18H2,1-4H3,(H,31,37)(H,32,39)/t27-/m0/s1. The largest absolute Gasteiger partial charge is 0.349 e. The van der Waals surface area contributed by atoms with Crippen LogP contribution in [0, 0.1) is 0 Å². The molecule has 9 nitrogen and oxygen atoms in total. The highest BCUT2D eigenvalue weighted by Crippen LogP contribution is 2.31. The van der Waals surface area contributed by atoms with Crippen molar-refractivity contribution in [2.45, 2.75) is 52.2 Å². The van der Waals surface area contributed by atoms with Gasteiger partial charge < -0.3 is 10.6 Å². The van der Waals surface area contributed by atoms with Crippen molar-refractivity contribution in [2.24, 2.45) is 0 Å². The molecule has 3 aromatic carbocycles. The number of rotatable bonds is 9. The first-order valence-electron chi connectivity index (χ1n) is 12.6. The molecule has 39 heavy (non-hydrogen) atoms. The number of nitrogens with zero attached hydrogens (tertiary/aromatic N) is 4. The molecule has 0 spiro atoms. The molecular formula is C29H31ClN6O3. The van der Waals surface area contributed by atoms with Gasteiger partial charge in [0, 0.05) is 28.9 Å². The van der Waals surface area contributed by atoms with Gasteiger partial charge >= 0.3 is 0 Å². The number of anilines is 2. The third kappa shape index (κ3) is 6.61. The van der Waals surface area contributed by atoms with Gasteiger partial charge in [-0.1, -0.05) is 48.0 Å². The van der Waals surface area contributed by atoms with Crippen LogP contribution in [-0.2, 0) is 20.9 Å².